The summed E-state index contributed by atoms with van der Waals surface area (Å²) in [6.45, 7) is 13.3. The molecule has 3 heteroatoms. The molecule has 0 aliphatic carbocycles. The van der Waals surface area contributed by atoms with E-state index in [0.717, 1.165) is 19.6 Å². The zero-order valence-corrected chi connectivity index (χ0v) is 11.1. The van der Waals surface area contributed by atoms with Gasteiger partial charge in [0.1, 0.15) is 0 Å². The van der Waals surface area contributed by atoms with Gasteiger partial charge < -0.3 is 4.90 Å². The fourth-order valence-electron chi connectivity index (χ4n) is 1.81. The van der Waals surface area contributed by atoms with E-state index in [0.29, 0.717) is 5.92 Å². The van der Waals surface area contributed by atoms with Crippen molar-refractivity contribution < 1.29 is 0 Å². The van der Waals surface area contributed by atoms with E-state index in [4.69, 9.17) is 0 Å². The van der Waals surface area contributed by atoms with Crippen molar-refractivity contribution >= 4 is 0 Å². The third-order valence-corrected chi connectivity index (χ3v) is 3.01. The highest BCUT2D eigenvalue weighted by Crippen LogP contribution is 2.10. The van der Waals surface area contributed by atoms with Crippen LogP contribution in [0.1, 0.15) is 45.7 Å². The topological polar surface area (TPSA) is 21.1 Å². The first-order valence-corrected chi connectivity index (χ1v) is 6.43. The first-order valence-electron chi connectivity index (χ1n) is 6.43. The number of aromatic nitrogens is 2. The third-order valence-electron chi connectivity index (χ3n) is 3.01. The second-order valence-electron chi connectivity index (χ2n) is 4.54. The SMILES string of the molecule is CCN(CC)CCCn1ccc(C(C)C)n1. The Labute approximate surface area is 99.4 Å². The Morgan fingerprint density at radius 1 is 1.31 bits per heavy atom. The van der Waals surface area contributed by atoms with Crippen molar-refractivity contribution in [2.45, 2.75) is 46.6 Å². The molecule has 0 aromatic carbocycles. The second-order valence-corrected chi connectivity index (χ2v) is 4.54. The Hall–Kier alpha value is -0.830. The van der Waals surface area contributed by atoms with Crippen molar-refractivity contribution in [2.75, 3.05) is 19.6 Å². The van der Waals surface area contributed by atoms with Crippen LogP contribution in [0.5, 0.6) is 0 Å². The van der Waals surface area contributed by atoms with Crippen molar-refractivity contribution in [1.82, 2.24) is 14.7 Å². The molecule has 0 aliphatic heterocycles. The van der Waals surface area contributed by atoms with Crippen LogP contribution in [0, 0.1) is 0 Å². The van der Waals surface area contributed by atoms with Gasteiger partial charge in [0.2, 0.25) is 0 Å². The number of nitrogens with zero attached hydrogens (tertiary/aromatic N) is 3. The normalized spacial score (nSPS) is 11.6. The van der Waals surface area contributed by atoms with Crippen LogP contribution in [0.15, 0.2) is 12.3 Å². The lowest BCUT2D eigenvalue weighted by Gasteiger charge is -2.17. The smallest absolute Gasteiger partial charge is 0.0649 e. The Morgan fingerprint density at radius 2 is 2.00 bits per heavy atom. The monoisotopic (exact) mass is 223 g/mol. The van der Waals surface area contributed by atoms with E-state index in [2.05, 4.69) is 54.6 Å². The Morgan fingerprint density at radius 3 is 2.50 bits per heavy atom. The van der Waals surface area contributed by atoms with E-state index in [1.165, 1.54) is 18.7 Å². The maximum atomic E-state index is 4.56. The van der Waals surface area contributed by atoms with Gasteiger partial charge in [-0.3, -0.25) is 4.68 Å². The molecule has 0 unspecified atom stereocenters. The zero-order valence-electron chi connectivity index (χ0n) is 11.1. The summed E-state index contributed by atoms with van der Waals surface area (Å²) in [7, 11) is 0. The minimum atomic E-state index is 0.532. The average Bonchev–Trinajstić information content (AvgIpc) is 2.73. The molecule has 92 valence electrons. The van der Waals surface area contributed by atoms with Gasteiger partial charge in [0.05, 0.1) is 5.69 Å². The predicted molar refractivity (Wildman–Crippen MR) is 68.7 cm³/mol. The van der Waals surface area contributed by atoms with Gasteiger partial charge in [0.25, 0.3) is 0 Å². The first-order chi connectivity index (χ1) is 7.67. The Kier molecular flexibility index (Phi) is 5.53. The van der Waals surface area contributed by atoms with Gasteiger partial charge in [-0.05, 0) is 38.0 Å². The number of hydrogen-bond acceptors (Lipinski definition) is 2. The first kappa shape index (κ1) is 13.2. The summed E-state index contributed by atoms with van der Waals surface area (Å²) in [6, 6.07) is 2.13. The molecule has 0 spiro atoms. The van der Waals surface area contributed by atoms with Crippen molar-refractivity contribution in [1.29, 1.82) is 0 Å². The van der Waals surface area contributed by atoms with E-state index in [9.17, 15) is 0 Å². The molecule has 1 heterocycles. The molecular formula is C13H25N3. The van der Waals surface area contributed by atoms with Crippen LogP contribution in [-0.4, -0.2) is 34.3 Å². The second kappa shape index (κ2) is 6.69. The molecule has 0 atom stereocenters. The van der Waals surface area contributed by atoms with Crippen molar-refractivity contribution in [2.24, 2.45) is 0 Å². The van der Waals surface area contributed by atoms with E-state index in [1.807, 2.05) is 0 Å². The van der Waals surface area contributed by atoms with Crippen LogP contribution in [0.3, 0.4) is 0 Å². The highest BCUT2D eigenvalue weighted by molar-refractivity contribution is 5.03. The average molecular weight is 223 g/mol. The lowest BCUT2D eigenvalue weighted by Crippen LogP contribution is -2.24. The van der Waals surface area contributed by atoms with E-state index < -0.39 is 0 Å². The van der Waals surface area contributed by atoms with Crippen LogP contribution >= 0.6 is 0 Å². The van der Waals surface area contributed by atoms with Crippen molar-refractivity contribution in [3.8, 4) is 0 Å². The van der Waals surface area contributed by atoms with Crippen LogP contribution < -0.4 is 0 Å². The molecule has 0 amide bonds. The maximum absolute atomic E-state index is 4.56. The van der Waals surface area contributed by atoms with Crippen LogP contribution in [0.2, 0.25) is 0 Å². The third kappa shape index (κ3) is 3.97. The summed E-state index contributed by atoms with van der Waals surface area (Å²) in [5.74, 6) is 0.532. The standard InChI is InChI=1S/C13H25N3/c1-5-15(6-2)9-7-10-16-11-8-13(14-16)12(3)4/h8,11-12H,5-7,9-10H2,1-4H3. The number of aryl methyl sites for hydroxylation is 1. The molecule has 1 aromatic heterocycles. The van der Waals surface area contributed by atoms with Gasteiger partial charge in [-0.2, -0.15) is 5.10 Å². The van der Waals surface area contributed by atoms with Crippen LogP contribution in [0.4, 0.5) is 0 Å². The molecule has 0 radical (unpaired) electrons. The van der Waals surface area contributed by atoms with Crippen LogP contribution in [0.25, 0.3) is 0 Å². The molecule has 0 saturated carbocycles. The molecule has 1 aromatic rings. The fraction of sp³-hybridized carbons (Fsp3) is 0.769. The van der Waals surface area contributed by atoms with Gasteiger partial charge >= 0.3 is 0 Å². The lowest BCUT2D eigenvalue weighted by atomic mass is 10.1. The number of rotatable bonds is 7. The summed E-state index contributed by atoms with van der Waals surface area (Å²) in [5.41, 5.74) is 1.20. The number of hydrogen-bond donors (Lipinski definition) is 0. The van der Waals surface area contributed by atoms with E-state index >= 15 is 0 Å². The van der Waals surface area contributed by atoms with E-state index in [1.54, 1.807) is 0 Å². The van der Waals surface area contributed by atoms with Crippen LogP contribution in [-0.2, 0) is 6.54 Å². The lowest BCUT2D eigenvalue weighted by molar-refractivity contribution is 0.291. The molecule has 0 saturated heterocycles. The fourth-order valence-corrected chi connectivity index (χ4v) is 1.81. The summed E-state index contributed by atoms with van der Waals surface area (Å²) in [5, 5.41) is 4.56. The highest BCUT2D eigenvalue weighted by Gasteiger charge is 2.03. The minimum absolute atomic E-state index is 0.532. The summed E-state index contributed by atoms with van der Waals surface area (Å²) >= 11 is 0. The molecule has 0 aliphatic rings. The molecular weight excluding hydrogens is 198 g/mol. The van der Waals surface area contributed by atoms with Gasteiger partial charge in [-0.25, -0.2) is 0 Å². The molecule has 0 bridgehead atoms. The summed E-state index contributed by atoms with van der Waals surface area (Å²) < 4.78 is 2.07. The van der Waals surface area contributed by atoms with E-state index in [-0.39, 0.29) is 0 Å². The maximum Gasteiger partial charge on any atom is 0.0649 e. The Bertz CT molecular complexity index is 287. The highest BCUT2D eigenvalue weighted by atomic mass is 15.3. The Balaban J connectivity index is 2.31. The summed E-state index contributed by atoms with van der Waals surface area (Å²) in [4.78, 5) is 2.45. The van der Waals surface area contributed by atoms with Gasteiger partial charge in [0.15, 0.2) is 0 Å². The van der Waals surface area contributed by atoms with Gasteiger partial charge in [-0.1, -0.05) is 27.7 Å². The largest absolute Gasteiger partial charge is 0.304 e. The summed E-state index contributed by atoms with van der Waals surface area (Å²) in [6.07, 6.45) is 3.28. The zero-order chi connectivity index (χ0) is 12.0. The van der Waals surface area contributed by atoms with Crippen molar-refractivity contribution in [3.63, 3.8) is 0 Å². The van der Waals surface area contributed by atoms with Gasteiger partial charge in [0, 0.05) is 12.7 Å². The molecule has 0 N–H and O–H groups in total. The molecule has 1 rings (SSSR count). The molecule has 3 nitrogen and oxygen atoms in total. The molecule has 16 heavy (non-hydrogen) atoms. The molecule has 0 fully saturated rings. The van der Waals surface area contributed by atoms with Gasteiger partial charge in [-0.15, -0.1) is 0 Å². The van der Waals surface area contributed by atoms with Crippen molar-refractivity contribution in [3.05, 3.63) is 18.0 Å². The predicted octanol–water partition coefficient (Wildman–Crippen LogP) is 2.74. The minimum Gasteiger partial charge on any atom is -0.304 e. The quantitative estimate of drug-likeness (QED) is 0.708.